The molecule has 0 atom stereocenters. The third-order valence-electron chi connectivity index (χ3n) is 2.58. The number of aromatic nitrogens is 1. The quantitative estimate of drug-likeness (QED) is 0.572. The van der Waals surface area contributed by atoms with Crippen LogP contribution in [0.1, 0.15) is 13.8 Å². The second kappa shape index (κ2) is 7.74. The maximum atomic E-state index is 7.57. The number of hydrogen-bond acceptors (Lipinski definition) is 3. The van der Waals surface area contributed by atoms with Crippen molar-refractivity contribution < 1.29 is 5.11 Å². The van der Waals surface area contributed by atoms with E-state index in [9.17, 15) is 0 Å². The summed E-state index contributed by atoms with van der Waals surface area (Å²) < 4.78 is 2.23. The third-order valence-corrected chi connectivity index (χ3v) is 2.58. The number of benzene rings is 1. The van der Waals surface area contributed by atoms with Gasteiger partial charge in [-0.1, -0.05) is 13.0 Å². The predicted molar refractivity (Wildman–Crippen MR) is 77.7 cm³/mol. The van der Waals surface area contributed by atoms with Gasteiger partial charge in [-0.2, -0.15) is 0 Å². The lowest BCUT2D eigenvalue weighted by atomic mass is 10.2. The van der Waals surface area contributed by atoms with Crippen molar-refractivity contribution in [2.45, 2.75) is 20.4 Å². The van der Waals surface area contributed by atoms with Crippen LogP contribution in [-0.2, 0) is 6.54 Å². The van der Waals surface area contributed by atoms with Crippen molar-refractivity contribution in [3.05, 3.63) is 30.5 Å². The molecule has 18 heavy (non-hydrogen) atoms. The van der Waals surface area contributed by atoms with Crippen LogP contribution in [0.5, 0.6) is 0 Å². The first-order valence-corrected chi connectivity index (χ1v) is 6.38. The standard InChI is InChI=1S/C12H17N3.C2H6O/c1-2-14-6-8-15-7-5-10-3-4-11(13)9-12(10)15;1-2-3/h3-5,7,9,14H,2,6,8,13H2,1H3;3H,2H2,1H3. The largest absolute Gasteiger partial charge is 0.399 e. The van der Waals surface area contributed by atoms with Gasteiger partial charge in [-0.25, -0.2) is 0 Å². The van der Waals surface area contributed by atoms with Crippen molar-refractivity contribution >= 4 is 16.6 Å². The third kappa shape index (κ3) is 4.05. The van der Waals surface area contributed by atoms with Crippen molar-refractivity contribution in [2.75, 3.05) is 25.4 Å². The first-order valence-electron chi connectivity index (χ1n) is 6.38. The SMILES string of the molecule is CCNCCn1ccc2ccc(N)cc21.CCO. The Bertz CT molecular complexity index is 465. The lowest BCUT2D eigenvalue weighted by Crippen LogP contribution is -2.18. The molecule has 4 N–H and O–H groups in total. The highest BCUT2D eigenvalue weighted by Gasteiger charge is 2.00. The number of nitrogens with two attached hydrogens (primary N) is 1. The molecule has 0 saturated carbocycles. The van der Waals surface area contributed by atoms with Gasteiger partial charge in [-0.05, 0) is 37.1 Å². The van der Waals surface area contributed by atoms with Crippen molar-refractivity contribution in [1.82, 2.24) is 9.88 Å². The molecule has 4 heteroatoms. The lowest BCUT2D eigenvalue weighted by molar-refractivity contribution is 0.318. The molecule has 2 aromatic rings. The van der Waals surface area contributed by atoms with Gasteiger partial charge >= 0.3 is 0 Å². The van der Waals surface area contributed by atoms with Crippen LogP contribution in [0.4, 0.5) is 5.69 Å². The van der Waals surface area contributed by atoms with E-state index in [0.717, 1.165) is 25.3 Å². The highest BCUT2D eigenvalue weighted by molar-refractivity contribution is 5.83. The maximum Gasteiger partial charge on any atom is 0.0501 e. The fraction of sp³-hybridized carbons (Fsp3) is 0.429. The van der Waals surface area contributed by atoms with Gasteiger partial charge in [0.25, 0.3) is 0 Å². The number of hydrogen-bond donors (Lipinski definition) is 3. The molecule has 0 aliphatic heterocycles. The van der Waals surface area contributed by atoms with Gasteiger partial charge in [0, 0.05) is 31.6 Å². The van der Waals surface area contributed by atoms with Gasteiger partial charge in [-0.3, -0.25) is 0 Å². The van der Waals surface area contributed by atoms with Crippen molar-refractivity contribution in [3.8, 4) is 0 Å². The molecule has 0 aliphatic rings. The summed E-state index contributed by atoms with van der Waals surface area (Å²) in [5.74, 6) is 0. The van der Waals surface area contributed by atoms with E-state index in [1.807, 2.05) is 12.1 Å². The minimum atomic E-state index is 0.250. The fourth-order valence-corrected chi connectivity index (χ4v) is 1.77. The second-order valence-electron chi connectivity index (χ2n) is 4.00. The Kier molecular flexibility index (Phi) is 6.25. The van der Waals surface area contributed by atoms with Crippen LogP contribution in [0.25, 0.3) is 10.9 Å². The van der Waals surface area contributed by atoms with Gasteiger partial charge < -0.3 is 20.7 Å². The summed E-state index contributed by atoms with van der Waals surface area (Å²) in [5, 5.41) is 12.1. The minimum Gasteiger partial charge on any atom is -0.399 e. The molecule has 1 aromatic carbocycles. The highest BCUT2D eigenvalue weighted by Crippen LogP contribution is 2.18. The summed E-state index contributed by atoms with van der Waals surface area (Å²) in [5.41, 5.74) is 7.82. The van der Waals surface area contributed by atoms with E-state index in [2.05, 4.69) is 35.1 Å². The van der Waals surface area contributed by atoms with Crippen LogP contribution >= 0.6 is 0 Å². The van der Waals surface area contributed by atoms with E-state index < -0.39 is 0 Å². The van der Waals surface area contributed by atoms with Crippen LogP contribution in [0.3, 0.4) is 0 Å². The summed E-state index contributed by atoms with van der Waals surface area (Å²) in [6.07, 6.45) is 2.11. The number of nitrogen functional groups attached to an aromatic ring is 1. The molecule has 2 rings (SSSR count). The van der Waals surface area contributed by atoms with E-state index in [-0.39, 0.29) is 6.61 Å². The maximum absolute atomic E-state index is 7.57. The summed E-state index contributed by atoms with van der Waals surface area (Å²) in [4.78, 5) is 0. The second-order valence-corrected chi connectivity index (χ2v) is 4.00. The molecule has 0 bridgehead atoms. The predicted octanol–water partition coefficient (Wildman–Crippen LogP) is 1.83. The zero-order valence-corrected chi connectivity index (χ0v) is 11.2. The van der Waals surface area contributed by atoms with Gasteiger partial charge in [0.05, 0.1) is 5.52 Å². The minimum absolute atomic E-state index is 0.250. The normalized spacial score (nSPS) is 10.2. The number of likely N-dealkylation sites (N-methyl/N-ethyl adjacent to an activating group) is 1. The number of anilines is 1. The van der Waals surface area contributed by atoms with E-state index >= 15 is 0 Å². The van der Waals surface area contributed by atoms with Crippen LogP contribution in [0, 0.1) is 0 Å². The first-order chi connectivity index (χ1) is 8.72. The zero-order chi connectivity index (χ0) is 13.4. The molecule has 4 nitrogen and oxygen atoms in total. The molecule has 0 unspecified atom stereocenters. The molecule has 100 valence electrons. The molecular formula is C14H23N3O. The Balaban J connectivity index is 0.000000492. The summed E-state index contributed by atoms with van der Waals surface area (Å²) in [6, 6.07) is 8.16. The topological polar surface area (TPSA) is 63.2 Å². The Labute approximate surface area is 108 Å². The van der Waals surface area contributed by atoms with Crippen molar-refractivity contribution in [3.63, 3.8) is 0 Å². The number of fused-ring (bicyclic) bond motifs is 1. The number of aliphatic hydroxyl groups is 1. The van der Waals surface area contributed by atoms with Gasteiger partial charge in [0.1, 0.15) is 0 Å². The lowest BCUT2D eigenvalue weighted by Gasteiger charge is -2.06. The van der Waals surface area contributed by atoms with Crippen molar-refractivity contribution in [1.29, 1.82) is 0 Å². The molecule has 0 saturated heterocycles. The molecular weight excluding hydrogens is 226 g/mol. The van der Waals surface area contributed by atoms with Crippen LogP contribution < -0.4 is 11.1 Å². The Morgan fingerprint density at radius 1 is 1.28 bits per heavy atom. The number of aliphatic hydroxyl groups excluding tert-OH is 1. The monoisotopic (exact) mass is 249 g/mol. The van der Waals surface area contributed by atoms with Crippen LogP contribution in [0.15, 0.2) is 30.5 Å². The van der Waals surface area contributed by atoms with E-state index in [4.69, 9.17) is 10.8 Å². The highest BCUT2D eigenvalue weighted by atomic mass is 16.2. The molecule has 0 amide bonds. The average molecular weight is 249 g/mol. The Morgan fingerprint density at radius 2 is 2.00 bits per heavy atom. The fourth-order valence-electron chi connectivity index (χ4n) is 1.77. The molecule has 0 aliphatic carbocycles. The van der Waals surface area contributed by atoms with Gasteiger partial charge in [-0.15, -0.1) is 0 Å². The number of nitrogens with zero attached hydrogens (tertiary/aromatic N) is 1. The van der Waals surface area contributed by atoms with E-state index in [0.29, 0.717) is 0 Å². The van der Waals surface area contributed by atoms with Crippen LogP contribution in [-0.4, -0.2) is 29.4 Å². The summed E-state index contributed by atoms with van der Waals surface area (Å²) >= 11 is 0. The molecule has 0 fully saturated rings. The van der Waals surface area contributed by atoms with Gasteiger partial charge in [0.2, 0.25) is 0 Å². The van der Waals surface area contributed by atoms with Crippen molar-refractivity contribution in [2.24, 2.45) is 0 Å². The molecule has 0 spiro atoms. The molecule has 1 aromatic heterocycles. The summed E-state index contributed by atoms with van der Waals surface area (Å²) in [6.45, 7) is 7.04. The molecule has 0 radical (unpaired) electrons. The average Bonchev–Trinajstić information content (AvgIpc) is 2.73. The Morgan fingerprint density at radius 3 is 2.67 bits per heavy atom. The van der Waals surface area contributed by atoms with Gasteiger partial charge in [0.15, 0.2) is 0 Å². The van der Waals surface area contributed by atoms with E-state index in [1.165, 1.54) is 10.9 Å². The van der Waals surface area contributed by atoms with E-state index in [1.54, 1.807) is 6.92 Å². The Hall–Kier alpha value is -1.52. The summed E-state index contributed by atoms with van der Waals surface area (Å²) in [7, 11) is 0. The molecule has 1 heterocycles. The smallest absolute Gasteiger partial charge is 0.0501 e. The number of nitrogens with one attached hydrogen (secondary N) is 1. The first kappa shape index (κ1) is 14.5. The van der Waals surface area contributed by atoms with Crippen LogP contribution in [0.2, 0.25) is 0 Å². The number of rotatable bonds is 4. The zero-order valence-electron chi connectivity index (χ0n) is 11.2.